The first-order valence-corrected chi connectivity index (χ1v) is 3.18. The van der Waals surface area contributed by atoms with Gasteiger partial charge in [-0.3, -0.25) is 4.79 Å². The van der Waals surface area contributed by atoms with Crippen molar-refractivity contribution in [2.24, 2.45) is 0 Å². The van der Waals surface area contributed by atoms with E-state index in [1.54, 1.807) is 4.90 Å². The zero-order valence-corrected chi connectivity index (χ0v) is 5.63. The van der Waals surface area contributed by atoms with E-state index < -0.39 is 0 Å². The van der Waals surface area contributed by atoms with Crippen LogP contribution in [0.3, 0.4) is 0 Å². The topological polar surface area (TPSA) is 20.3 Å². The molecule has 0 fully saturated rings. The molecule has 0 aromatic rings. The van der Waals surface area contributed by atoms with Crippen molar-refractivity contribution in [2.75, 3.05) is 13.1 Å². The molecule has 0 radical (unpaired) electrons. The van der Waals surface area contributed by atoms with Crippen molar-refractivity contribution in [1.29, 1.82) is 0 Å². The Hall–Kier alpha value is -0.790. The van der Waals surface area contributed by atoms with E-state index in [4.69, 9.17) is 0 Å². The summed E-state index contributed by atoms with van der Waals surface area (Å²) in [6, 6.07) is 0. The summed E-state index contributed by atoms with van der Waals surface area (Å²) in [5, 5.41) is 0. The molecule has 0 aromatic carbocycles. The average Bonchev–Trinajstić information content (AvgIpc) is 1.88. The largest absolute Gasteiger partial charge is 0.341 e. The third-order valence-corrected chi connectivity index (χ3v) is 1.51. The molecule has 50 valence electrons. The number of carbonyl (C=O) groups excluding carboxylic acids is 1. The maximum absolute atomic E-state index is 10.2. The molecule has 0 saturated heterocycles. The van der Waals surface area contributed by atoms with Gasteiger partial charge in [-0.1, -0.05) is 11.6 Å². The molecular formula is C7H11NO. The normalized spacial score (nSPS) is 19.2. The Balaban J connectivity index is 2.48. The lowest BCUT2D eigenvalue weighted by atomic mass is 10.1. The quantitative estimate of drug-likeness (QED) is 0.375. The van der Waals surface area contributed by atoms with Crippen LogP contribution in [-0.2, 0) is 4.79 Å². The zero-order valence-electron chi connectivity index (χ0n) is 5.63. The Morgan fingerprint density at radius 1 is 1.78 bits per heavy atom. The second-order valence-electron chi connectivity index (χ2n) is 2.42. The molecule has 1 amide bonds. The average molecular weight is 125 g/mol. The summed E-state index contributed by atoms with van der Waals surface area (Å²) in [7, 11) is 0. The van der Waals surface area contributed by atoms with Crippen LogP contribution in [0.25, 0.3) is 0 Å². The van der Waals surface area contributed by atoms with E-state index in [0.29, 0.717) is 0 Å². The fourth-order valence-electron chi connectivity index (χ4n) is 1.03. The van der Waals surface area contributed by atoms with Crippen LogP contribution in [0.15, 0.2) is 11.6 Å². The van der Waals surface area contributed by atoms with Gasteiger partial charge in [0.25, 0.3) is 0 Å². The summed E-state index contributed by atoms with van der Waals surface area (Å²) in [4.78, 5) is 12.0. The molecule has 0 atom stereocenters. The van der Waals surface area contributed by atoms with E-state index in [1.165, 1.54) is 5.57 Å². The molecule has 9 heavy (non-hydrogen) atoms. The third kappa shape index (κ3) is 1.56. The van der Waals surface area contributed by atoms with Gasteiger partial charge in [-0.25, -0.2) is 0 Å². The SMILES string of the molecule is CC1=CCCN(C=O)C1. The first kappa shape index (κ1) is 6.33. The van der Waals surface area contributed by atoms with Gasteiger partial charge < -0.3 is 4.90 Å². The fourth-order valence-corrected chi connectivity index (χ4v) is 1.03. The lowest BCUT2D eigenvalue weighted by molar-refractivity contribution is -0.117. The van der Waals surface area contributed by atoms with E-state index in [1.807, 2.05) is 0 Å². The van der Waals surface area contributed by atoms with Crippen LogP contribution >= 0.6 is 0 Å². The summed E-state index contributed by atoms with van der Waals surface area (Å²) in [5.41, 5.74) is 1.30. The highest BCUT2D eigenvalue weighted by molar-refractivity contribution is 5.48. The lowest BCUT2D eigenvalue weighted by Crippen LogP contribution is -2.27. The van der Waals surface area contributed by atoms with Crippen LogP contribution in [0, 0.1) is 0 Å². The van der Waals surface area contributed by atoms with Gasteiger partial charge in [0.1, 0.15) is 0 Å². The minimum atomic E-state index is 0.823. The molecule has 0 spiro atoms. The molecule has 2 nitrogen and oxygen atoms in total. The zero-order chi connectivity index (χ0) is 6.69. The third-order valence-electron chi connectivity index (χ3n) is 1.51. The van der Waals surface area contributed by atoms with E-state index in [2.05, 4.69) is 13.0 Å². The molecule has 1 aliphatic rings. The van der Waals surface area contributed by atoms with Crippen molar-refractivity contribution in [3.63, 3.8) is 0 Å². The van der Waals surface area contributed by atoms with Crippen molar-refractivity contribution in [1.82, 2.24) is 4.90 Å². The van der Waals surface area contributed by atoms with Gasteiger partial charge in [-0.05, 0) is 13.3 Å². The summed E-state index contributed by atoms with van der Waals surface area (Å²) in [6.07, 6.45) is 4.11. The van der Waals surface area contributed by atoms with Crippen LogP contribution in [0.1, 0.15) is 13.3 Å². The van der Waals surface area contributed by atoms with Crippen molar-refractivity contribution in [2.45, 2.75) is 13.3 Å². The molecule has 1 rings (SSSR count). The molecule has 0 saturated carbocycles. The molecule has 0 aromatic heterocycles. The smallest absolute Gasteiger partial charge is 0.210 e. The first-order valence-electron chi connectivity index (χ1n) is 3.18. The van der Waals surface area contributed by atoms with E-state index >= 15 is 0 Å². The second-order valence-corrected chi connectivity index (χ2v) is 2.42. The van der Waals surface area contributed by atoms with Gasteiger partial charge in [0.05, 0.1) is 0 Å². The van der Waals surface area contributed by atoms with Crippen molar-refractivity contribution in [3.8, 4) is 0 Å². The van der Waals surface area contributed by atoms with Crippen LogP contribution in [0.2, 0.25) is 0 Å². The monoisotopic (exact) mass is 125 g/mol. The number of rotatable bonds is 1. The van der Waals surface area contributed by atoms with E-state index in [9.17, 15) is 4.79 Å². The maximum Gasteiger partial charge on any atom is 0.210 e. The fraction of sp³-hybridized carbons (Fsp3) is 0.571. The highest BCUT2D eigenvalue weighted by atomic mass is 16.1. The van der Waals surface area contributed by atoms with Crippen LogP contribution < -0.4 is 0 Å². The minimum Gasteiger partial charge on any atom is -0.341 e. The van der Waals surface area contributed by atoms with Gasteiger partial charge in [0, 0.05) is 13.1 Å². The van der Waals surface area contributed by atoms with Gasteiger partial charge in [-0.15, -0.1) is 0 Å². The number of amides is 1. The standard InChI is InChI=1S/C7H11NO/c1-7-3-2-4-8(5-7)6-9/h3,6H,2,4-5H2,1H3. The maximum atomic E-state index is 10.2. The number of nitrogens with zero attached hydrogens (tertiary/aromatic N) is 1. The van der Waals surface area contributed by atoms with E-state index in [-0.39, 0.29) is 0 Å². The molecule has 1 aliphatic heterocycles. The van der Waals surface area contributed by atoms with Gasteiger partial charge >= 0.3 is 0 Å². The number of hydrogen-bond acceptors (Lipinski definition) is 1. The Bertz CT molecular complexity index is 140. The van der Waals surface area contributed by atoms with Crippen molar-refractivity contribution < 1.29 is 4.79 Å². The van der Waals surface area contributed by atoms with Gasteiger partial charge in [0.15, 0.2) is 0 Å². The summed E-state index contributed by atoms with van der Waals surface area (Å²) >= 11 is 0. The van der Waals surface area contributed by atoms with Gasteiger partial charge in [-0.2, -0.15) is 0 Å². The van der Waals surface area contributed by atoms with Crippen LogP contribution in [0.4, 0.5) is 0 Å². The summed E-state index contributed by atoms with van der Waals surface area (Å²) < 4.78 is 0. The van der Waals surface area contributed by atoms with Gasteiger partial charge in [0.2, 0.25) is 6.41 Å². The molecule has 0 unspecified atom stereocenters. The minimum absolute atomic E-state index is 0.823. The molecule has 0 bridgehead atoms. The Kier molecular flexibility index (Phi) is 1.88. The molecular weight excluding hydrogens is 114 g/mol. The summed E-state index contributed by atoms with van der Waals surface area (Å²) in [5.74, 6) is 0. The highest BCUT2D eigenvalue weighted by Crippen LogP contribution is 2.05. The molecule has 1 heterocycles. The van der Waals surface area contributed by atoms with Crippen molar-refractivity contribution in [3.05, 3.63) is 11.6 Å². The predicted molar refractivity (Wildman–Crippen MR) is 36.0 cm³/mol. The Morgan fingerprint density at radius 2 is 2.56 bits per heavy atom. The van der Waals surface area contributed by atoms with Crippen molar-refractivity contribution >= 4 is 6.41 Å². The second kappa shape index (κ2) is 2.67. The lowest BCUT2D eigenvalue weighted by Gasteiger charge is -2.20. The number of carbonyl (C=O) groups is 1. The summed E-state index contributed by atoms with van der Waals surface area (Å²) in [6.45, 7) is 3.76. The number of hydrogen-bond donors (Lipinski definition) is 0. The first-order chi connectivity index (χ1) is 4.33. The molecule has 0 N–H and O–H groups in total. The molecule has 0 aliphatic carbocycles. The van der Waals surface area contributed by atoms with E-state index in [0.717, 1.165) is 25.9 Å². The highest BCUT2D eigenvalue weighted by Gasteiger charge is 2.05. The predicted octanol–water partition coefficient (Wildman–Crippen LogP) is 0.795. The Labute approximate surface area is 55.2 Å². The van der Waals surface area contributed by atoms with Crippen LogP contribution in [0.5, 0.6) is 0 Å². The molecule has 2 heteroatoms. The Morgan fingerprint density at radius 3 is 3.00 bits per heavy atom. The van der Waals surface area contributed by atoms with Crippen LogP contribution in [-0.4, -0.2) is 24.4 Å².